The Morgan fingerprint density at radius 1 is 1.47 bits per heavy atom. The fourth-order valence-electron chi connectivity index (χ4n) is 1.90. The lowest BCUT2D eigenvalue weighted by Gasteiger charge is -2.15. The molecule has 17 heavy (non-hydrogen) atoms. The molecule has 0 radical (unpaired) electrons. The van der Waals surface area contributed by atoms with Gasteiger partial charge in [0.15, 0.2) is 0 Å². The van der Waals surface area contributed by atoms with Gasteiger partial charge in [-0.25, -0.2) is 0 Å². The molecule has 92 valence electrons. The Kier molecular flexibility index (Phi) is 3.81. The first-order valence-electron chi connectivity index (χ1n) is 5.57. The van der Waals surface area contributed by atoms with Gasteiger partial charge in [-0.1, -0.05) is 22.0 Å². The highest BCUT2D eigenvalue weighted by Crippen LogP contribution is 2.36. The zero-order valence-electron chi connectivity index (χ0n) is 9.96. The second kappa shape index (κ2) is 5.16. The van der Waals surface area contributed by atoms with Crippen LogP contribution in [0.5, 0.6) is 0 Å². The van der Waals surface area contributed by atoms with Crippen molar-refractivity contribution in [2.24, 2.45) is 0 Å². The van der Waals surface area contributed by atoms with Crippen LogP contribution in [-0.2, 0) is 4.79 Å². The van der Waals surface area contributed by atoms with Crippen molar-refractivity contribution >= 4 is 27.5 Å². The molecule has 4 nitrogen and oxygen atoms in total. The fourth-order valence-corrected chi connectivity index (χ4v) is 2.50. The molecule has 1 aromatic carbocycles. The summed E-state index contributed by atoms with van der Waals surface area (Å²) in [4.78, 5) is 13.9. The first-order chi connectivity index (χ1) is 8.09. The normalized spacial score (nSPS) is 18.4. The molecule has 2 N–H and O–H groups in total. The van der Waals surface area contributed by atoms with Crippen LogP contribution in [0.1, 0.15) is 11.6 Å². The topological polar surface area (TPSA) is 44.4 Å². The van der Waals surface area contributed by atoms with Gasteiger partial charge in [0.1, 0.15) is 6.04 Å². The number of hydrogen-bond donors (Lipinski definition) is 2. The molecule has 1 unspecified atom stereocenters. The number of anilines is 1. The van der Waals surface area contributed by atoms with Crippen LogP contribution >= 0.6 is 15.9 Å². The van der Waals surface area contributed by atoms with Gasteiger partial charge in [0.05, 0.1) is 0 Å². The van der Waals surface area contributed by atoms with Gasteiger partial charge in [-0.05, 0) is 26.2 Å². The number of carbonyl (C=O) groups excluding carboxylic acids is 1. The van der Waals surface area contributed by atoms with Crippen molar-refractivity contribution < 1.29 is 4.79 Å². The predicted molar refractivity (Wildman–Crippen MR) is 72.1 cm³/mol. The van der Waals surface area contributed by atoms with Gasteiger partial charge in [-0.3, -0.25) is 4.79 Å². The highest BCUT2D eigenvalue weighted by atomic mass is 79.9. The number of carbonyl (C=O) groups is 1. The maximum Gasteiger partial charge on any atom is 0.246 e. The molecule has 5 heteroatoms. The molecular weight excluding hydrogens is 282 g/mol. The Morgan fingerprint density at radius 3 is 2.94 bits per heavy atom. The van der Waals surface area contributed by atoms with Crippen LogP contribution in [0, 0.1) is 0 Å². The number of likely N-dealkylation sites (N-methyl/N-ethyl adjacent to an activating group) is 1. The van der Waals surface area contributed by atoms with Crippen molar-refractivity contribution in [3.05, 3.63) is 28.2 Å². The van der Waals surface area contributed by atoms with E-state index in [2.05, 4.69) is 31.5 Å². The van der Waals surface area contributed by atoms with Crippen molar-refractivity contribution in [3.8, 4) is 0 Å². The molecule has 0 spiro atoms. The van der Waals surface area contributed by atoms with Crippen LogP contribution in [0.15, 0.2) is 22.7 Å². The van der Waals surface area contributed by atoms with Gasteiger partial charge >= 0.3 is 0 Å². The second-order valence-corrected chi connectivity index (χ2v) is 5.24. The van der Waals surface area contributed by atoms with Crippen LogP contribution in [0.2, 0.25) is 0 Å². The van der Waals surface area contributed by atoms with Crippen LogP contribution in [0.25, 0.3) is 0 Å². The Balaban J connectivity index is 2.11. The molecule has 1 heterocycles. The van der Waals surface area contributed by atoms with E-state index in [-0.39, 0.29) is 11.9 Å². The molecule has 0 aromatic heterocycles. The Morgan fingerprint density at radius 2 is 2.24 bits per heavy atom. The number of hydrogen-bond acceptors (Lipinski definition) is 3. The van der Waals surface area contributed by atoms with E-state index >= 15 is 0 Å². The Hall–Kier alpha value is -0.910. The van der Waals surface area contributed by atoms with E-state index in [1.807, 2.05) is 32.3 Å². The highest BCUT2D eigenvalue weighted by Gasteiger charge is 2.31. The molecule has 1 amide bonds. The number of rotatable bonds is 4. The average Bonchev–Trinajstić information content (AvgIpc) is 2.56. The summed E-state index contributed by atoms with van der Waals surface area (Å²) in [6, 6.07) is 5.55. The SMILES string of the molecule is CN(C)CCNC1C(=O)Nc2cccc(Br)c21. The van der Waals surface area contributed by atoms with E-state index in [9.17, 15) is 4.79 Å². The fraction of sp³-hybridized carbons (Fsp3) is 0.417. The van der Waals surface area contributed by atoms with Crippen LogP contribution in [0.3, 0.4) is 0 Å². The van der Waals surface area contributed by atoms with Gasteiger partial charge in [0.2, 0.25) is 5.91 Å². The lowest BCUT2D eigenvalue weighted by Crippen LogP contribution is -2.33. The first-order valence-corrected chi connectivity index (χ1v) is 6.36. The van der Waals surface area contributed by atoms with Crippen molar-refractivity contribution in [3.63, 3.8) is 0 Å². The number of fused-ring (bicyclic) bond motifs is 1. The van der Waals surface area contributed by atoms with Crippen LogP contribution in [-0.4, -0.2) is 38.0 Å². The van der Waals surface area contributed by atoms with Gasteiger partial charge in [-0.15, -0.1) is 0 Å². The smallest absolute Gasteiger partial charge is 0.246 e. The van der Waals surface area contributed by atoms with E-state index < -0.39 is 0 Å². The number of amides is 1. The molecule has 1 aromatic rings. The lowest BCUT2D eigenvalue weighted by molar-refractivity contribution is -0.117. The quantitative estimate of drug-likeness (QED) is 0.887. The molecular formula is C12H16BrN3O. The minimum atomic E-state index is -0.250. The Bertz CT molecular complexity index is 434. The molecule has 1 aliphatic rings. The third-order valence-corrected chi connectivity index (χ3v) is 3.46. The summed E-state index contributed by atoms with van der Waals surface area (Å²) in [6.45, 7) is 1.69. The summed E-state index contributed by atoms with van der Waals surface area (Å²) < 4.78 is 0.968. The molecule has 1 atom stereocenters. The second-order valence-electron chi connectivity index (χ2n) is 4.38. The summed E-state index contributed by atoms with van der Waals surface area (Å²) in [6.07, 6.45) is 0. The number of nitrogens with zero attached hydrogens (tertiary/aromatic N) is 1. The summed E-state index contributed by atoms with van der Waals surface area (Å²) >= 11 is 3.49. The minimum absolute atomic E-state index is 0.0191. The summed E-state index contributed by atoms with van der Waals surface area (Å²) in [5.41, 5.74) is 1.91. The Labute approximate surface area is 110 Å². The van der Waals surface area contributed by atoms with E-state index in [1.165, 1.54) is 0 Å². The molecule has 0 saturated heterocycles. The van der Waals surface area contributed by atoms with Crippen molar-refractivity contribution in [1.29, 1.82) is 0 Å². The zero-order valence-corrected chi connectivity index (χ0v) is 11.5. The third-order valence-electron chi connectivity index (χ3n) is 2.77. The largest absolute Gasteiger partial charge is 0.324 e. The summed E-state index contributed by atoms with van der Waals surface area (Å²) in [5.74, 6) is 0.0191. The summed E-state index contributed by atoms with van der Waals surface area (Å²) in [7, 11) is 4.03. The predicted octanol–water partition coefficient (Wildman–Crippen LogP) is 1.59. The van der Waals surface area contributed by atoms with E-state index in [0.29, 0.717) is 0 Å². The highest BCUT2D eigenvalue weighted by molar-refractivity contribution is 9.10. The summed E-state index contributed by atoms with van der Waals surface area (Å²) in [5, 5.41) is 6.16. The maximum absolute atomic E-state index is 11.9. The third kappa shape index (κ3) is 2.68. The first kappa shape index (κ1) is 12.5. The number of benzene rings is 1. The van der Waals surface area contributed by atoms with Gasteiger partial charge in [0, 0.05) is 28.8 Å². The van der Waals surface area contributed by atoms with Crippen LogP contribution < -0.4 is 10.6 Å². The van der Waals surface area contributed by atoms with E-state index in [1.54, 1.807) is 0 Å². The number of halogens is 1. The van der Waals surface area contributed by atoms with Crippen molar-refractivity contribution in [2.45, 2.75) is 6.04 Å². The van der Waals surface area contributed by atoms with Gasteiger partial charge < -0.3 is 15.5 Å². The molecule has 1 aliphatic heterocycles. The van der Waals surface area contributed by atoms with E-state index in [4.69, 9.17) is 0 Å². The molecule has 0 fully saturated rings. The zero-order chi connectivity index (χ0) is 12.4. The van der Waals surface area contributed by atoms with Crippen molar-refractivity contribution in [1.82, 2.24) is 10.2 Å². The van der Waals surface area contributed by atoms with Gasteiger partial charge in [-0.2, -0.15) is 0 Å². The maximum atomic E-state index is 11.9. The minimum Gasteiger partial charge on any atom is -0.324 e. The molecule has 2 rings (SSSR count). The van der Waals surface area contributed by atoms with Crippen LogP contribution in [0.4, 0.5) is 5.69 Å². The monoisotopic (exact) mass is 297 g/mol. The molecule has 0 aliphatic carbocycles. The molecule has 0 bridgehead atoms. The standard InChI is InChI=1S/C12H16BrN3O/c1-16(2)7-6-14-11-10-8(13)4-3-5-9(10)15-12(11)17/h3-5,11,14H,6-7H2,1-2H3,(H,15,17). The average molecular weight is 298 g/mol. The molecule has 0 saturated carbocycles. The lowest BCUT2D eigenvalue weighted by atomic mass is 10.1. The number of nitrogens with one attached hydrogen (secondary N) is 2. The van der Waals surface area contributed by atoms with Crippen molar-refractivity contribution in [2.75, 3.05) is 32.5 Å². The van der Waals surface area contributed by atoms with Gasteiger partial charge in [0.25, 0.3) is 0 Å². The van der Waals surface area contributed by atoms with E-state index in [0.717, 1.165) is 28.8 Å².